The predicted octanol–water partition coefficient (Wildman–Crippen LogP) is 2.75. The van der Waals surface area contributed by atoms with Gasteiger partial charge in [-0.3, -0.25) is 9.78 Å². The Hall–Kier alpha value is -2.29. The lowest BCUT2D eigenvalue weighted by Crippen LogP contribution is -2.23. The van der Waals surface area contributed by atoms with Crippen LogP contribution >= 0.6 is 11.3 Å². The van der Waals surface area contributed by atoms with Crippen molar-refractivity contribution in [1.29, 1.82) is 0 Å². The van der Waals surface area contributed by atoms with E-state index in [1.165, 1.54) is 13.1 Å². The Bertz CT molecular complexity index is 1090. The van der Waals surface area contributed by atoms with Gasteiger partial charge in [-0.2, -0.15) is 0 Å². The minimum atomic E-state index is -3.46. The molecule has 6 nitrogen and oxygen atoms in total. The van der Waals surface area contributed by atoms with Crippen LogP contribution in [0.5, 0.6) is 0 Å². The van der Waals surface area contributed by atoms with Gasteiger partial charge in [-0.05, 0) is 51.2 Å². The zero-order valence-electron chi connectivity index (χ0n) is 14.7. The molecule has 1 aromatic carbocycles. The molecule has 0 saturated carbocycles. The van der Waals surface area contributed by atoms with Crippen LogP contribution in [0.3, 0.4) is 0 Å². The average molecular weight is 390 g/mol. The van der Waals surface area contributed by atoms with E-state index in [4.69, 9.17) is 0 Å². The second-order valence-corrected chi connectivity index (χ2v) is 9.21. The molecular weight excluding hydrogens is 370 g/mol. The van der Waals surface area contributed by atoms with Crippen LogP contribution in [0.15, 0.2) is 40.6 Å². The van der Waals surface area contributed by atoms with E-state index in [1.807, 2.05) is 31.2 Å². The van der Waals surface area contributed by atoms with Crippen LogP contribution in [0.4, 0.5) is 0 Å². The summed E-state index contributed by atoms with van der Waals surface area (Å²) in [5, 5.41) is 3.75. The number of pyridine rings is 1. The number of amides is 1. The van der Waals surface area contributed by atoms with Crippen molar-refractivity contribution < 1.29 is 13.2 Å². The van der Waals surface area contributed by atoms with Crippen molar-refractivity contribution in [2.45, 2.75) is 24.6 Å². The second-order valence-electron chi connectivity index (χ2n) is 5.93. The van der Waals surface area contributed by atoms with Crippen molar-refractivity contribution in [3.63, 3.8) is 0 Å². The summed E-state index contributed by atoms with van der Waals surface area (Å²) >= 11 is 1.13. The van der Waals surface area contributed by atoms with Crippen LogP contribution in [-0.4, -0.2) is 26.4 Å². The SMILES string of the molecule is CNS(=O)(=O)c1ccc(CNC(=O)c2cc3cc(C)ccc3nc2C)s1. The van der Waals surface area contributed by atoms with Gasteiger partial charge >= 0.3 is 0 Å². The number of nitrogens with one attached hydrogen (secondary N) is 2. The maximum absolute atomic E-state index is 12.6. The second kappa shape index (κ2) is 7.14. The number of aromatic nitrogens is 1. The van der Waals surface area contributed by atoms with Crippen molar-refractivity contribution in [3.05, 3.63) is 58.1 Å². The van der Waals surface area contributed by atoms with Gasteiger partial charge in [0.1, 0.15) is 4.21 Å². The zero-order valence-corrected chi connectivity index (χ0v) is 16.3. The van der Waals surface area contributed by atoms with Crippen LogP contribution in [0.25, 0.3) is 10.9 Å². The molecule has 0 radical (unpaired) electrons. The molecule has 26 heavy (non-hydrogen) atoms. The normalized spacial score (nSPS) is 11.7. The molecule has 0 aliphatic heterocycles. The Morgan fingerprint density at radius 2 is 1.92 bits per heavy atom. The molecule has 0 bridgehead atoms. The summed E-state index contributed by atoms with van der Waals surface area (Å²) in [6, 6.07) is 11.0. The molecule has 3 aromatic rings. The van der Waals surface area contributed by atoms with Crippen molar-refractivity contribution in [2.24, 2.45) is 0 Å². The molecule has 0 atom stereocenters. The Morgan fingerprint density at radius 3 is 2.65 bits per heavy atom. The van der Waals surface area contributed by atoms with Crippen molar-refractivity contribution in [1.82, 2.24) is 15.0 Å². The molecule has 3 rings (SSSR count). The molecule has 0 aliphatic carbocycles. The Balaban J connectivity index is 1.78. The number of fused-ring (bicyclic) bond motifs is 1. The highest BCUT2D eigenvalue weighted by molar-refractivity contribution is 7.91. The fraction of sp³-hybridized carbons (Fsp3) is 0.222. The molecule has 0 spiro atoms. The molecule has 8 heteroatoms. The minimum Gasteiger partial charge on any atom is -0.347 e. The third-order valence-corrected chi connectivity index (χ3v) is 6.99. The van der Waals surface area contributed by atoms with E-state index >= 15 is 0 Å². The monoisotopic (exact) mass is 389 g/mol. The Kier molecular flexibility index (Phi) is 5.08. The van der Waals surface area contributed by atoms with E-state index in [2.05, 4.69) is 15.0 Å². The number of benzene rings is 1. The highest BCUT2D eigenvalue weighted by atomic mass is 32.2. The van der Waals surface area contributed by atoms with Gasteiger partial charge in [-0.15, -0.1) is 11.3 Å². The first kappa shape index (κ1) is 18.5. The molecule has 2 heterocycles. The number of sulfonamides is 1. The summed E-state index contributed by atoms with van der Waals surface area (Å²) in [5.41, 5.74) is 3.13. The lowest BCUT2D eigenvalue weighted by molar-refractivity contribution is 0.0950. The topological polar surface area (TPSA) is 88.2 Å². The van der Waals surface area contributed by atoms with E-state index in [-0.39, 0.29) is 16.7 Å². The van der Waals surface area contributed by atoms with Gasteiger partial charge in [0.05, 0.1) is 23.3 Å². The van der Waals surface area contributed by atoms with Gasteiger partial charge in [0.25, 0.3) is 5.91 Å². The highest BCUT2D eigenvalue weighted by Gasteiger charge is 2.16. The van der Waals surface area contributed by atoms with Gasteiger partial charge in [0.15, 0.2) is 0 Å². The summed E-state index contributed by atoms with van der Waals surface area (Å²) in [5.74, 6) is -0.232. The van der Waals surface area contributed by atoms with Crippen molar-refractivity contribution >= 4 is 38.2 Å². The highest BCUT2D eigenvalue weighted by Crippen LogP contribution is 2.22. The number of carbonyl (C=O) groups excluding carboxylic acids is 1. The van der Waals surface area contributed by atoms with Gasteiger partial charge in [0.2, 0.25) is 10.0 Å². The molecule has 0 aliphatic rings. The summed E-state index contributed by atoms with van der Waals surface area (Å²) in [6.45, 7) is 4.05. The Labute approximate surface area is 156 Å². The lowest BCUT2D eigenvalue weighted by atomic mass is 10.1. The number of hydrogen-bond acceptors (Lipinski definition) is 5. The number of aryl methyl sites for hydroxylation is 2. The Morgan fingerprint density at radius 1 is 1.15 bits per heavy atom. The third-order valence-electron chi connectivity index (χ3n) is 4.00. The first-order valence-corrected chi connectivity index (χ1v) is 10.3. The summed E-state index contributed by atoms with van der Waals surface area (Å²) in [6.07, 6.45) is 0. The minimum absolute atomic E-state index is 0.225. The van der Waals surface area contributed by atoms with Gasteiger partial charge < -0.3 is 5.32 Å². The predicted molar refractivity (Wildman–Crippen MR) is 103 cm³/mol. The number of rotatable bonds is 5. The number of nitrogens with zero attached hydrogens (tertiary/aromatic N) is 1. The van der Waals surface area contributed by atoms with Crippen LogP contribution in [0.1, 0.15) is 26.5 Å². The van der Waals surface area contributed by atoms with E-state index in [0.717, 1.165) is 32.7 Å². The maximum Gasteiger partial charge on any atom is 0.253 e. The molecular formula is C18H19N3O3S2. The van der Waals surface area contributed by atoms with E-state index in [1.54, 1.807) is 13.0 Å². The molecule has 0 fully saturated rings. The molecule has 136 valence electrons. The first-order chi connectivity index (χ1) is 12.3. The zero-order chi connectivity index (χ0) is 18.9. The van der Waals surface area contributed by atoms with E-state index in [0.29, 0.717) is 11.3 Å². The van der Waals surface area contributed by atoms with Crippen LogP contribution in [0.2, 0.25) is 0 Å². The van der Waals surface area contributed by atoms with E-state index < -0.39 is 10.0 Å². The standard InChI is InChI=1S/C18H19N3O3S2/c1-11-4-6-16-13(8-11)9-15(12(2)21-16)18(22)20-10-14-5-7-17(25-14)26(23,24)19-3/h4-9,19H,10H2,1-3H3,(H,20,22). The quantitative estimate of drug-likeness (QED) is 0.702. The smallest absolute Gasteiger partial charge is 0.253 e. The van der Waals surface area contributed by atoms with Gasteiger partial charge in [-0.1, -0.05) is 11.6 Å². The molecule has 1 amide bonds. The summed E-state index contributed by atoms with van der Waals surface area (Å²) < 4.78 is 26.1. The van der Waals surface area contributed by atoms with Crippen LogP contribution in [-0.2, 0) is 16.6 Å². The first-order valence-electron chi connectivity index (χ1n) is 7.98. The average Bonchev–Trinajstić information content (AvgIpc) is 3.09. The lowest BCUT2D eigenvalue weighted by Gasteiger charge is -2.08. The maximum atomic E-state index is 12.6. The van der Waals surface area contributed by atoms with Crippen molar-refractivity contribution in [2.75, 3.05) is 7.05 Å². The molecule has 2 N–H and O–H groups in total. The molecule has 2 aromatic heterocycles. The van der Waals surface area contributed by atoms with Gasteiger partial charge in [0, 0.05) is 10.3 Å². The molecule has 0 saturated heterocycles. The largest absolute Gasteiger partial charge is 0.347 e. The molecule has 0 unspecified atom stereocenters. The fourth-order valence-electron chi connectivity index (χ4n) is 2.58. The van der Waals surface area contributed by atoms with Crippen molar-refractivity contribution in [3.8, 4) is 0 Å². The summed E-state index contributed by atoms with van der Waals surface area (Å²) in [4.78, 5) is 17.8. The van der Waals surface area contributed by atoms with Crippen LogP contribution < -0.4 is 10.0 Å². The third kappa shape index (κ3) is 3.77. The van der Waals surface area contributed by atoms with E-state index in [9.17, 15) is 13.2 Å². The fourth-order valence-corrected chi connectivity index (χ4v) is 4.72. The van der Waals surface area contributed by atoms with Crippen LogP contribution in [0, 0.1) is 13.8 Å². The number of hydrogen-bond donors (Lipinski definition) is 2. The number of thiophene rings is 1. The number of carbonyl (C=O) groups is 1. The summed E-state index contributed by atoms with van der Waals surface area (Å²) in [7, 11) is -2.09. The van der Waals surface area contributed by atoms with Gasteiger partial charge in [-0.25, -0.2) is 13.1 Å².